The van der Waals surface area contributed by atoms with Crippen LogP contribution in [0, 0.1) is 0 Å². The van der Waals surface area contributed by atoms with Gasteiger partial charge in [0.2, 0.25) is 0 Å². The first-order chi connectivity index (χ1) is 8.39. The molecule has 0 amide bonds. The molecule has 0 aromatic carbocycles. The summed E-state index contributed by atoms with van der Waals surface area (Å²) in [6, 6.07) is -0.930. The van der Waals surface area contributed by atoms with Crippen molar-refractivity contribution >= 4 is 5.97 Å². The third kappa shape index (κ3) is 2.24. The second-order valence-electron chi connectivity index (χ2n) is 4.82. The normalized spacial score (nSPS) is 39.4. The van der Waals surface area contributed by atoms with Crippen LogP contribution < -0.4 is 5.73 Å². The summed E-state index contributed by atoms with van der Waals surface area (Å²) in [6.07, 6.45) is -2.09. The Morgan fingerprint density at radius 1 is 1.28 bits per heavy atom. The Balaban J connectivity index is 2.16. The molecular weight excluding hydrogens is 242 g/mol. The molecule has 0 unspecified atom stereocenters. The van der Waals surface area contributed by atoms with Crippen LogP contribution in [0.4, 0.5) is 0 Å². The lowest BCUT2D eigenvalue weighted by molar-refractivity contribution is -0.229. The number of ether oxygens (including phenoxy) is 5. The topological polar surface area (TPSA) is 89.2 Å². The van der Waals surface area contributed by atoms with Crippen LogP contribution in [-0.4, -0.2) is 56.6 Å². The van der Waals surface area contributed by atoms with E-state index in [0.29, 0.717) is 0 Å². The summed E-state index contributed by atoms with van der Waals surface area (Å²) in [5.41, 5.74) is 5.80. The quantitative estimate of drug-likeness (QED) is 0.677. The maximum atomic E-state index is 11.5. The van der Waals surface area contributed by atoms with E-state index in [1.807, 2.05) is 0 Å². The zero-order valence-electron chi connectivity index (χ0n) is 10.9. The number of methoxy groups -OCH3 is 2. The zero-order chi connectivity index (χ0) is 13.5. The first-order valence-electron chi connectivity index (χ1n) is 5.77. The van der Waals surface area contributed by atoms with Gasteiger partial charge in [-0.2, -0.15) is 0 Å². The molecule has 7 nitrogen and oxygen atoms in total. The van der Waals surface area contributed by atoms with Gasteiger partial charge in [0.25, 0.3) is 0 Å². The third-order valence-electron chi connectivity index (χ3n) is 3.11. The molecule has 2 aliphatic rings. The van der Waals surface area contributed by atoms with Gasteiger partial charge in [0.05, 0.1) is 7.11 Å². The maximum Gasteiger partial charge on any atom is 0.325 e. The number of carbonyl (C=O) groups excluding carboxylic acids is 1. The highest BCUT2D eigenvalue weighted by Gasteiger charge is 2.58. The van der Waals surface area contributed by atoms with Gasteiger partial charge in [0.15, 0.2) is 12.1 Å². The molecule has 2 saturated heterocycles. The van der Waals surface area contributed by atoms with Crippen LogP contribution >= 0.6 is 0 Å². The molecular formula is C11H19NO6. The second kappa shape index (κ2) is 4.75. The number of rotatable bonds is 3. The predicted molar refractivity (Wildman–Crippen MR) is 59.5 cm³/mol. The summed E-state index contributed by atoms with van der Waals surface area (Å²) < 4.78 is 26.8. The molecule has 0 spiro atoms. The molecule has 0 aliphatic carbocycles. The van der Waals surface area contributed by atoms with E-state index in [1.165, 1.54) is 14.2 Å². The molecule has 0 saturated carbocycles. The van der Waals surface area contributed by atoms with Crippen molar-refractivity contribution in [1.29, 1.82) is 0 Å². The van der Waals surface area contributed by atoms with Crippen LogP contribution in [0.25, 0.3) is 0 Å². The molecule has 2 fully saturated rings. The average Bonchev–Trinajstić information content (AvgIpc) is 2.80. The van der Waals surface area contributed by atoms with Crippen LogP contribution in [0.3, 0.4) is 0 Å². The van der Waals surface area contributed by atoms with Gasteiger partial charge < -0.3 is 29.4 Å². The number of fused-ring (bicyclic) bond motifs is 1. The van der Waals surface area contributed by atoms with Gasteiger partial charge in [-0.15, -0.1) is 0 Å². The van der Waals surface area contributed by atoms with Crippen molar-refractivity contribution in [2.75, 3.05) is 14.2 Å². The Kier molecular flexibility index (Phi) is 3.61. The van der Waals surface area contributed by atoms with Crippen molar-refractivity contribution in [1.82, 2.24) is 0 Å². The summed E-state index contributed by atoms with van der Waals surface area (Å²) in [4.78, 5) is 11.5. The highest BCUT2D eigenvalue weighted by Crippen LogP contribution is 2.39. The number of carbonyl (C=O) groups is 1. The molecule has 18 heavy (non-hydrogen) atoms. The van der Waals surface area contributed by atoms with Crippen LogP contribution in [0.5, 0.6) is 0 Å². The van der Waals surface area contributed by atoms with Gasteiger partial charge in [-0.1, -0.05) is 0 Å². The monoisotopic (exact) mass is 261 g/mol. The predicted octanol–water partition coefficient (Wildman–Crippen LogP) is -0.622. The lowest BCUT2D eigenvalue weighted by atomic mass is 10.0. The molecule has 0 radical (unpaired) electrons. The van der Waals surface area contributed by atoms with Crippen molar-refractivity contribution in [2.45, 2.75) is 50.3 Å². The van der Waals surface area contributed by atoms with E-state index in [9.17, 15) is 4.79 Å². The van der Waals surface area contributed by atoms with E-state index < -0.39 is 42.4 Å². The van der Waals surface area contributed by atoms with Crippen LogP contribution in [0.1, 0.15) is 13.8 Å². The Hall–Kier alpha value is -0.730. The summed E-state index contributed by atoms with van der Waals surface area (Å²) in [6.45, 7) is 3.58. The maximum absolute atomic E-state index is 11.5. The molecule has 2 N–H and O–H groups in total. The summed E-state index contributed by atoms with van der Waals surface area (Å²) in [5, 5.41) is 0. The minimum Gasteiger partial charge on any atom is -0.468 e. The molecule has 2 heterocycles. The Morgan fingerprint density at radius 3 is 2.44 bits per heavy atom. The van der Waals surface area contributed by atoms with E-state index in [0.717, 1.165) is 0 Å². The van der Waals surface area contributed by atoms with Crippen molar-refractivity contribution in [2.24, 2.45) is 5.73 Å². The van der Waals surface area contributed by atoms with Crippen molar-refractivity contribution < 1.29 is 28.5 Å². The fraction of sp³-hybridized carbons (Fsp3) is 0.909. The van der Waals surface area contributed by atoms with Gasteiger partial charge in [-0.3, -0.25) is 4.79 Å². The molecule has 2 rings (SSSR count). The molecule has 2 aliphatic heterocycles. The molecule has 7 heteroatoms. The van der Waals surface area contributed by atoms with Crippen LogP contribution in [-0.2, 0) is 28.5 Å². The van der Waals surface area contributed by atoms with Gasteiger partial charge >= 0.3 is 5.97 Å². The zero-order valence-corrected chi connectivity index (χ0v) is 10.9. The fourth-order valence-electron chi connectivity index (χ4n) is 2.34. The Labute approximate surface area is 105 Å². The summed E-state index contributed by atoms with van der Waals surface area (Å²) in [7, 11) is 2.78. The first kappa shape index (κ1) is 13.7. The SMILES string of the molecule is COC(=O)[C@@H](N)[C@H]1O[C@@H](OC)[C@@H]2OC(C)(C)O[C@@H]21. The van der Waals surface area contributed by atoms with E-state index >= 15 is 0 Å². The van der Waals surface area contributed by atoms with Crippen molar-refractivity contribution in [3.8, 4) is 0 Å². The van der Waals surface area contributed by atoms with E-state index in [1.54, 1.807) is 13.8 Å². The minimum atomic E-state index is -0.930. The standard InChI is InChI=1S/C11H19NO6/c1-11(2)17-7-6(5(12)9(13)14-3)16-10(15-4)8(7)18-11/h5-8,10H,12H2,1-4H3/t5-,6+,7+,8+,10+/m0/s1. The number of hydrogen-bond acceptors (Lipinski definition) is 7. The summed E-state index contributed by atoms with van der Waals surface area (Å²) >= 11 is 0. The number of esters is 1. The van der Waals surface area contributed by atoms with Crippen molar-refractivity contribution in [3.05, 3.63) is 0 Å². The molecule has 5 atom stereocenters. The van der Waals surface area contributed by atoms with E-state index in [4.69, 9.17) is 24.7 Å². The van der Waals surface area contributed by atoms with Crippen LogP contribution in [0.2, 0.25) is 0 Å². The molecule has 104 valence electrons. The van der Waals surface area contributed by atoms with E-state index in [2.05, 4.69) is 4.74 Å². The van der Waals surface area contributed by atoms with Crippen LogP contribution in [0.15, 0.2) is 0 Å². The largest absolute Gasteiger partial charge is 0.468 e. The minimum absolute atomic E-state index is 0.397. The first-order valence-corrected chi connectivity index (χ1v) is 5.77. The Bertz CT molecular complexity index is 333. The smallest absolute Gasteiger partial charge is 0.325 e. The number of hydrogen-bond donors (Lipinski definition) is 1. The third-order valence-corrected chi connectivity index (χ3v) is 3.11. The average molecular weight is 261 g/mol. The fourth-order valence-corrected chi connectivity index (χ4v) is 2.34. The summed E-state index contributed by atoms with van der Waals surface area (Å²) in [5.74, 6) is -1.30. The molecule has 0 aromatic rings. The van der Waals surface area contributed by atoms with Gasteiger partial charge in [0, 0.05) is 7.11 Å². The Morgan fingerprint density at radius 2 is 1.89 bits per heavy atom. The van der Waals surface area contributed by atoms with E-state index in [-0.39, 0.29) is 0 Å². The van der Waals surface area contributed by atoms with Gasteiger partial charge in [-0.05, 0) is 13.8 Å². The molecule has 0 bridgehead atoms. The second-order valence-corrected chi connectivity index (χ2v) is 4.82. The lowest BCUT2D eigenvalue weighted by Gasteiger charge is -2.25. The highest BCUT2D eigenvalue weighted by molar-refractivity contribution is 5.76. The van der Waals surface area contributed by atoms with Crippen molar-refractivity contribution in [3.63, 3.8) is 0 Å². The number of nitrogens with two attached hydrogens (primary N) is 1. The highest BCUT2D eigenvalue weighted by atomic mass is 16.8. The van der Waals surface area contributed by atoms with Gasteiger partial charge in [-0.25, -0.2) is 0 Å². The lowest BCUT2D eigenvalue weighted by Crippen LogP contribution is -2.49. The van der Waals surface area contributed by atoms with Gasteiger partial charge in [0.1, 0.15) is 24.4 Å². The molecule has 0 aromatic heterocycles.